The van der Waals surface area contributed by atoms with Crippen LogP contribution in [0.25, 0.3) is 0 Å². The van der Waals surface area contributed by atoms with Crippen molar-refractivity contribution >= 4 is 29.2 Å². The van der Waals surface area contributed by atoms with Gasteiger partial charge in [-0.2, -0.15) is 5.10 Å². The average molecular weight is 507 g/mol. The number of benzene rings is 1. The van der Waals surface area contributed by atoms with Crippen LogP contribution in [0, 0.1) is 5.92 Å². The number of amides is 2. The fourth-order valence-corrected chi connectivity index (χ4v) is 3.87. The van der Waals surface area contributed by atoms with Crippen LogP contribution in [0.1, 0.15) is 27.2 Å². The van der Waals surface area contributed by atoms with E-state index in [-0.39, 0.29) is 36.6 Å². The maximum absolute atomic E-state index is 13.2. The molecule has 0 radical (unpaired) electrons. The first-order valence-corrected chi connectivity index (χ1v) is 11.8. The maximum atomic E-state index is 13.2. The third-order valence-corrected chi connectivity index (χ3v) is 5.61. The van der Waals surface area contributed by atoms with Gasteiger partial charge in [-0.05, 0) is 31.4 Å². The molecule has 2 heterocycles. The number of aliphatic hydroxyl groups is 2. The van der Waals surface area contributed by atoms with Gasteiger partial charge in [-0.15, -0.1) is 0 Å². The third-order valence-electron chi connectivity index (χ3n) is 5.24. The Balaban J connectivity index is 1.70. The number of rotatable bonds is 12. The van der Waals surface area contributed by atoms with E-state index in [1.807, 2.05) is 20.8 Å². The summed E-state index contributed by atoms with van der Waals surface area (Å²) < 4.78 is 12.8. The number of anilines is 1. The third kappa shape index (κ3) is 6.97. The molecule has 2 atom stereocenters. The van der Waals surface area contributed by atoms with E-state index in [1.165, 1.54) is 15.7 Å². The Morgan fingerprint density at radius 3 is 2.71 bits per heavy atom. The van der Waals surface area contributed by atoms with Gasteiger partial charge in [0.1, 0.15) is 28.3 Å². The summed E-state index contributed by atoms with van der Waals surface area (Å²) >= 11 is 6.38. The largest absolute Gasteiger partial charge is 0.492 e. The lowest BCUT2D eigenvalue weighted by Crippen LogP contribution is -2.46. The standard InChI is InChI=1S/C24H31ClN4O6/c1-4-34-19-6-5-7-20(23(19)25)35-17-11-22(32)29(13-17)18(10-15(2)3)24(33)26-21-8-9-28(27-21)12-16(31)14-30/h5-9,11,15-16,18,30-31H,4,10,12-14H2,1-3H3,(H,26,27,33)/t16-,18+/m1/s1. The number of nitrogens with zero attached hydrogens (tertiary/aromatic N) is 3. The highest BCUT2D eigenvalue weighted by Crippen LogP contribution is 2.35. The molecule has 1 aromatic carbocycles. The summed E-state index contributed by atoms with van der Waals surface area (Å²) in [5.74, 6) is 0.910. The molecule has 0 bridgehead atoms. The number of ether oxygens (including phenoxy) is 2. The zero-order chi connectivity index (χ0) is 25.5. The van der Waals surface area contributed by atoms with E-state index in [4.69, 9.17) is 26.2 Å². The predicted octanol–water partition coefficient (Wildman–Crippen LogP) is 2.45. The van der Waals surface area contributed by atoms with Crippen molar-refractivity contribution < 1.29 is 29.3 Å². The van der Waals surface area contributed by atoms with Crippen molar-refractivity contribution in [1.29, 1.82) is 0 Å². The van der Waals surface area contributed by atoms with Gasteiger partial charge in [0.25, 0.3) is 5.91 Å². The Labute approximate surface area is 209 Å². The minimum atomic E-state index is -0.957. The van der Waals surface area contributed by atoms with Crippen LogP contribution in [0.2, 0.25) is 5.02 Å². The first-order chi connectivity index (χ1) is 16.7. The smallest absolute Gasteiger partial charge is 0.251 e. The van der Waals surface area contributed by atoms with Crippen LogP contribution in [-0.4, -0.2) is 68.6 Å². The summed E-state index contributed by atoms with van der Waals surface area (Å²) in [6.45, 7) is 6.03. The number of carbonyl (C=O) groups excluding carboxylic acids is 2. The summed E-state index contributed by atoms with van der Waals surface area (Å²) in [6, 6.07) is 5.99. The number of nitrogens with one attached hydrogen (secondary N) is 1. The zero-order valence-corrected chi connectivity index (χ0v) is 20.7. The highest BCUT2D eigenvalue weighted by atomic mass is 35.5. The van der Waals surface area contributed by atoms with Crippen molar-refractivity contribution in [2.45, 2.75) is 45.9 Å². The highest BCUT2D eigenvalue weighted by molar-refractivity contribution is 6.33. The fourth-order valence-electron chi connectivity index (χ4n) is 3.65. The summed E-state index contributed by atoms with van der Waals surface area (Å²) in [5.41, 5.74) is 0. The molecule has 1 aliphatic heterocycles. The summed E-state index contributed by atoms with van der Waals surface area (Å²) in [4.78, 5) is 27.4. The van der Waals surface area contributed by atoms with Gasteiger partial charge in [-0.3, -0.25) is 14.3 Å². The Morgan fingerprint density at radius 2 is 2.03 bits per heavy atom. The lowest BCUT2D eigenvalue weighted by Gasteiger charge is -2.28. The van der Waals surface area contributed by atoms with Crippen LogP contribution in [-0.2, 0) is 16.1 Å². The van der Waals surface area contributed by atoms with Crippen molar-refractivity contribution in [2.75, 3.05) is 25.1 Å². The molecule has 35 heavy (non-hydrogen) atoms. The Bertz CT molecular complexity index is 1070. The molecular weight excluding hydrogens is 476 g/mol. The van der Waals surface area contributed by atoms with E-state index in [2.05, 4.69) is 10.4 Å². The Morgan fingerprint density at radius 1 is 1.29 bits per heavy atom. The molecule has 1 aliphatic rings. The van der Waals surface area contributed by atoms with Gasteiger partial charge < -0.3 is 29.9 Å². The average Bonchev–Trinajstić information content (AvgIpc) is 3.40. The topological polar surface area (TPSA) is 126 Å². The first-order valence-electron chi connectivity index (χ1n) is 11.4. The molecule has 2 amide bonds. The van der Waals surface area contributed by atoms with Gasteiger partial charge in [0.2, 0.25) is 5.91 Å². The highest BCUT2D eigenvalue weighted by Gasteiger charge is 2.35. The van der Waals surface area contributed by atoms with Gasteiger partial charge in [0, 0.05) is 18.3 Å². The predicted molar refractivity (Wildman–Crippen MR) is 130 cm³/mol. The molecular formula is C24H31ClN4O6. The number of carbonyl (C=O) groups is 2. The number of aliphatic hydroxyl groups excluding tert-OH is 2. The second kappa shape index (κ2) is 12.1. The lowest BCUT2D eigenvalue weighted by atomic mass is 10.0. The summed E-state index contributed by atoms with van der Waals surface area (Å²) in [6.07, 6.45) is 2.42. The minimum Gasteiger partial charge on any atom is -0.492 e. The Hall–Kier alpha value is -3.08. The van der Waals surface area contributed by atoms with Gasteiger partial charge in [-0.25, -0.2) is 0 Å². The monoisotopic (exact) mass is 506 g/mol. The van der Waals surface area contributed by atoms with Crippen LogP contribution >= 0.6 is 11.6 Å². The molecule has 11 heteroatoms. The van der Waals surface area contributed by atoms with Crippen LogP contribution in [0.3, 0.4) is 0 Å². The summed E-state index contributed by atoms with van der Waals surface area (Å²) in [5, 5.41) is 25.8. The van der Waals surface area contributed by atoms with Crippen molar-refractivity contribution in [3.8, 4) is 11.5 Å². The van der Waals surface area contributed by atoms with Gasteiger partial charge >= 0.3 is 0 Å². The molecule has 0 aliphatic carbocycles. The second-order valence-electron chi connectivity index (χ2n) is 8.57. The van der Waals surface area contributed by atoms with Crippen LogP contribution in [0.4, 0.5) is 5.82 Å². The SMILES string of the molecule is CCOc1cccc(OC2=CC(=O)N([C@@H](CC(C)C)C(=O)Nc3ccn(C[C@@H](O)CO)n3)C2)c1Cl. The number of hydrogen-bond acceptors (Lipinski definition) is 7. The number of hydrogen-bond donors (Lipinski definition) is 3. The van der Waals surface area contributed by atoms with Crippen molar-refractivity contribution in [3.63, 3.8) is 0 Å². The first kappa shape index (κ1) is 26.5. The molecule has 0 saturated heterocycles. The van der Waals surface area contributed by atoms with E-state index in [0.29, 0.717) is 35.3 Å². The van der Waals surface area contributed by atoms with E-state index >= 15 is 0 Å². The fraction of sp³-hybridized carbons (Fsp3) is 0.458. The van der Waals surface area contributed by atoms with Crippen LogP contribution < -0.4 is 14.8 Å². The van der Waals surface area contributed by atoms with E-state index < -0.39 is 18.8 Å². The van der Waals surface area contributed by atoms with Gasteiger partial charge in [0.05, 0.1) is 32.4 Å². The lowest BCUT2D eigenvalue weighted by molar-refractivity contribution is -0.133. The molecule has 2 aromatic rings. The molecule has 1 aromatic heterocycles. The molecule has 10 nitrogen and oxygen atoms in total. The summed E-state index contributed by atoms with van der Waals surface area (Å²) in [7, 11) is 0. The molecule has 3 rings (SSSR count). The normalized spacial score (nSPS) is 15.2. The van der Waals surface area contributed by atoms with Gasteiger partial charge in [0.15, 0.2) is 5.82 Å². The number of halogens is 1. The number of aromatic nitrogens is 2. The molecule has 0 unspecified atom stereocenters. The molecule has 0 saturated carbocycles. The molecule has 0 fully saturated rings. The minimum absolute atomic E-state index is 0.0874. The zero-order valence-electron chi connectivity index (χ0n) is 20.0. The Kier molecular flexibility index (Phi) is 9.13. The van der Waals surface area contributed by atoms with Crippen LogP contribution in [0.15, 0.2) is 42.3 Å². The van der Waals surface area contributed by atoms with Gasteiger partial charge in [-0.1, -0.05) is 31.5 Å². The van der Waals surface area contributed by atoms with Crippen molar-refractivity contribution in [1.82, 2.24) is 14.7 Å². The van der Waals surface area contributed by atoms with Crippen molar-refractivity contribution in [3.05, 3.63) is 47.3 Å². The molecule has 0 spiro atoms. The van der Waals surface area contributed by atoms with Crippen molar-refractivity contribution in [2.24, 2.45) is 5.92 Å². The van der Waals surface area contributed by atoms with E-state index in [1.54, 1.807) is 30.5 Å². The quantitative estimate of drug-likeness (QED) is 0.403. The van der Waals surface area contributed by atoms with E-state index in [0.717, 1.165) is 0 Å². The van der Waals surface area contributed by atoms with E-state index in [9.17, 15) is 14.7 Å². The second-order valence-corrected chi connectivity index (χ2v) is 8.95. The molecule has 3 N–H and O–H groups in total. The maximum Gasteiger partial charge on any atom is 0.251 e. The van der Waals surface area contributed by atoms with Crippen LogP contribution in [0.5, 0.6) is 11.5 Å². The molecule has 190 valence electrons.